The average Bonchev–Trinajstić information content (AvgIpc) is 3.94. The van der Waals surface area contributed by atoms with Crippen molar-refractivity contribution < 1.29 is 0 Å². The Kier molecular flexibility index (Phi) is 7.03. The van der Waals surface area contributed by atoms with Gasteiger partial charge in [-0.3, -0.25) is 0 Å². The van der Waals surface area contributed by atoms with Crippen molar-refractivity contribution in [1.29, 1.82) is 0 Å². The molecule has 0 fully saturated rings. The van der Waals surface area contributed by atoms with Crippen molar-refractivity contribution in [3.8, 4) is 45.5 Å². The van der Waals surface area contributed by atoms with Crippen LogP contribution >= 0.6 is 11.3 Å². The fourth-order valence-electron chi connectivity index (χ4n) is 8.61. The Bertz CT molecular complexity index is 3410. The molecule has 0 amide bonds. The highest BCUT2D eigenvalue weighted by atomic mass is 32.1. The number of rotatable bonds is 5. The molecular weight excluding hydrogens is 715 g/mol. The third-order valence-corrected chi connectivity index (χ3v) is 12.4. The van der Waals surface area contributed by atoms with Gasteiger partial charge in [-0.05, 0) is 54.6 Å². The first-order chi connectivity index (χ1) is 28.3. The summed E-state index contributed by atoms with van der Waals surface area (Å²) in [7, 11) is 0. The summed E-state index contributed by atoms with van der Waals surface area (Å²) in [5.41, 5.74) is 9.74. The van der Waals surface area contributed by atoms with E-state index in [9.17, 15) is 0 Å². The Hall–Kier alpha value is -7.41. The Morgan fingerprint density at radius 3 is 1.40 bits per heavy atom. The molecule has 4 aromatic heterocycles. The molecule has 0 unspecified atom stereocenters. The van der Waals surface area contributed by atoms with Crippen molar-refractivity contribution in [3.05, 3.63) is 188 Å². The second kappa shape index (κ2) is 12.6. The van der Waals surface area contributed by atoms with Gasteiger partial charge >= 0.3 is 0 Å². The van der Waals surface area contributed by atoms with Gasteiger partial charge in [0.1, 0.15) is 0 Å². The van der Waals surface area contributed by atoms with Crippen LogP contribution in [0, 0.1) is 0 Å². The van der Waals surface area contributed by atoms with Gasteiger partial charge < -0.3 is 9.13 Å². The van der Waals surface area contributed by atoms with E-state index < -0.39 is 0 Å². The second-order valence-electron chi connectivity index (χ2n) is 14.4. The molecule has 0 spiro atoms. The van der Waals surface area contributed by atoms with Crippen LogP contribution in [-0.2, 0) is 0 Å². The molecule has 0 N–H and O–H groups in total. The molecule has 0 radical (unpaired) electrons. The molecule has 12 rings (SSSR count). The minimum atomic E-state index is 0.647. The predicted molar refractivity (Wildman–Crippen MR) is 238 cm³/mol. The lowest BCUT2D eigenvalue weighted by Gasteiger charge is -2.13. The van der Waals surface area contributed by atoms with E-state index in [1.54, 1.807) is 11.3 Å². The quantitative estimate of drug-likeness (QED) is 0.176. The van der Waals surface area contributed by atoms with Crippen LogP contribution in [0.5, 0.6) is 0 Å². The van der Waals surface area contributed by atoms with Crippen molar-refractivity contribution in [2.45, 2.75) is 0 Å². The van der Waals surface area contributed by atoms with E-state index in [-0.39, 0.29) is 0 Å². The van der Waals surface area contributed by atoms with E-state index in [4.69, 9.17) is 15.0 Å². The van der Waals surface area contributed by atoms with Crippen molar-refractivity contribution in [2.24, 2.45) is 0 Å². The molecule has 266 valence electrons. The third-order valence-electron chi connectivity index (χ3n) is 11.2. The zero-order valence-electron chi connectivity index (χ0n) is 30.5. The summed E-state index contributed by atoms with van der Waals surface area (Å²) in [6, 6.07) is 66.7. The van der Waals surface area contributed by atoms with Crippen LogP contribution in [-0.4, -0.2) is 24.1 Å². The van der Waals surface area contributed by atoms with Crippen LogP contribution in [0.1, 0.15) is 0 Å². The number of thiophene rings is 1. The maximum atomic E-state index is 5.23. The summed E-state index contributed by atoms with van der Waals surface area (Å²) in [4.78, 5) is 15.5. The first-order valence-electron chi connectivity index (χ1n) is 19.1. The molecule has 6 heteroatoms. The first-order valence-corrected chi connectivity index (χ1v) is 19.9. The minimum Gasteiger partial charge on any atom is -0.309 e. The smallest absolute Gasteiger partial charge is 0.165 e. The molecule has 12 aromatic rings. The van der Waals surface area contributed by atoms with Gasteiger partial charge in [-0.1, -0.05) is 133 Å². The zero-order valence-corrected chi connectivity index (χ0v) is 31.4. The van der Waals surface area contributed by atoms with E-state index in [0.717, 1.165) is 43.8 Å². The van der Waals surface area contributed by atoms with Crippen molar-refractivity contribution >= 4 is 75.1 Å². The second-order valence-corrected chi connectivity index (χ2v) is 15.5. The number of aromatic nitrogens is 5. The molecular formula is C51H31N5S. The molecule has 57 heavy (non-hydrogen) atoms. The van der Waals surface area contributed by atoms with E-state index in [0.29, 0.717) is 17.5 Å². The molecule has 0 aliphatic heterocycles. The van der Waals surface area contributed by atoms with E-state index >= 15 is 0 Å². The van der Waals surface area contributed by atoms with E-state index in [2.05, 4.69) is 161 Å². The molecule has 8 aromatic carbocycles. The topological polar surface area (TPSA) is 48.5 Å². The predicted octanol–water partition coefficient (Wildman–Crippen LogP) is 13.4. The fraction of sp³-hybridized carbons (Fsp3) is 0. The van der Waals surface area contributed by atoms with Crippen LogP contribution in [0.25, 0.3) is 109 Å². The van der Waals surface area contributed by atoms with Crippen LogP contribution in [0.3, 0.4) is 0 Å². The van der Waals surface area contributed by atoms with Crippen LogP contribution in [0.15, 0.2) is 188 Å². The number of fused-ring (bicyclic) bond motifs is 9. The highest BCUT2D eigenvalue weighted by Gasteiger charge is 2.21. The van der Waals surface area contributed by atoms with Crippen molar-refractivity contribution in [3.63, 3.8) is 0 Å². The normalized spacial score (nSPS) is 11.9. The van der Waals surface area contributed by atoms with Crippen LogP contribution < -0.4 is 0 Å². The van der Waals surface area contributed by atoms with Gasteiger partial charge in [0.25, 0.3) is 0 Å². The maximum absolute atomic E-state index is 5.23. The zero-order chi connectivity index (χ0) is 37.5. The Labute approximate surface area is 331 Å². The van der Waals surface area contributed by atoms with Gasteiger partial charge in [0.05, 0.1) is 22.1 Å². The largest absolute Gasteiger partial charge is 0.309 e. The molecule has 0 atom stereocenters. The third kappa shape index (κ3) is 4.98. The SMILES string of the molecule is c1ccc(-c2nc(-c3ccccc3)nc(-c3cc(-n4c5ccccc5c5cc(-n6c7ccccc7c7ccccc76)ccc54)cc4c3sc3ccccc34)n2)cc1. The first kappa shape index (κ1) is 31.9. The number of para-hydroxylation sites is 3. The summed E-state index contributed by atoms with van der Waals surface area (Å²) < 4.78 is 7.18. The average molecular weight is 746 g/mol. The van der Waals surface area contributed by atoms with E-state index in [1.165, 1.54) is 48.1 Å². The Morgan fingerprint density at radius 1 is 0.333 bits per heavy atom. The lowest BCUT2D eigenvalue weighted by atomic mass is 10.1. The van der Waals surface area contributed by atoms with Crippen LogP contribution in [0.4, 0.5) is 0 Å². The summed E-state index contributed by atoms with van der Waals surface area (Å²) in [5, 5.41) is 7.30. The lowest BCUT2D eigenvalue weighted by Crippen LogP contribution is -2.01. The Morgan fingerprint density at radius 2 is 0.789 bits per heavy atom. The van der Waals surface area contributed by atoms with Crippen LogP contribution in [0.2, 0.25) is 0 Å². The van der Waals surface area contributed by atoms with Gasteiger partial charge in [-0.25, -0.2) is 15.0 Å². The maximum Gasteiger partial charge on any atom is 0.165 e. The molecule has 4 heterocycles. The van der Waals surface area contributed by atoms with Crippen molar-refractivity contribution in [2.75, 3.05) is 0 Å². The highest BCUT2D eigenvalue weighted by Crippen LogP contribution is 2.43. The summed E-state index contributed by atoms with van der Waals surface area (Å²) in [6.07, 6.45) is 0. The van der Waals surface area contributed by atoms with Gasteiger partial charge in [0.15, 0.2) is 17.5 Å². The molecule has 0 aliphatic carbocycles. The number of hydrogen-bond donors (Lipinski definition) is 0. The number of hydrogen-bond acceptors (Lipinski definition) is 4. The lowest BCUT2D eigenvalue weighted by molar-refractivity contribution is 1.07. The monoisotopic (exact) mass is 745 g/mol. The van der Waals surface area contributed by atoms with E-state index in [1.807, 2.05) is 36.4 Å². The molecule has 0 bridgehead atoms. The van der Waals surface area contributed by atoms with Gasteiger partial charge in [-0.2, -0.15) is 0 Å². The molecule has 5 nitrogen and oxygen atoms in total. The minimum absolute atomic E-state index is 0.647. The van der Waals surface area contributed by atoms with Gasteiger partial charge in [0, 0.05) is 69.8 Å². The summed E-state index contributed by atoms with van der Waals surface area (Å²) >= 11 is 1.79. The van der Waals surface area contributed by atoms with Gasteiger partial charge in [0.2, 0.25) is 0 Å². The summed E-state index contributed by atoms with van der Waals surface area (Å²) in [6.45, 7) is 0. The highest BCUT2D eigenvalue weighted by molar-refractivity contribution is 7.26. The standard InChI is InChI=1S/C51H31N5S/c1-3-15-32(16-4-1)49-52-50(33-17-5-2-6-18-33)54-51(53-49)42-31-35(30-41-39-22-10-14-26-47(39)57-48(41)42)56-45-25-13-9-21-38(45)40-29-34(27-28-46(40)56)55-43-23-11-7-19-36(43)37-20-8-12-24-44(37)55/h1-31H. The van der Waals surface area contributed by atoms with Crippen molar-refractivity contribution in [1.82, 2.24) is 24.1 Å². The summed E-state index contributed by atoms with van der Waals surface area (Å²) in [5.74, 6) is 1.94. The Balaban J connectivity index is 1.14. The number of nitrogens with zero attached hydrogens (tertiary/aromatic N) is 5. The van der Waals surface area contributed by atoms with Gasteiger partial charge in [-0.15, -0.1) is 11.3 Å². The molecule has 0 aliphatic rings. The number of benzene rings is 8. The fourth-order valence-corrected chi connectivity index (χ4v) is 9.81. The molecule has 0 saturated heterocycles. The molecule has 0 saturated carbocycles.